The highest BCUT2D eigenvalue weighted by atomic mass is 16.7. The molecule has 1 amide bonds. The van der Waals surface area contributed by atoms with E-state index in [-0.39, 0.29) is 12.5 Å². The lowest BCUT2D eigenvalue weighted by atomic mass is 9.99. The molecular weight excluding hydrogens is 959 g/mol. The number of unbranched alkanes of at least 4 members (excludes halogenated alkanes) is 15. The first kappa shape index (κ1) is 70.8. The van der Waals surface area contributed by atoms with Crippen molar-refractivity contribution in [2.45, 2.75) is 249 Å². The van der Waals surface area contributed by atoms with E-state index in [0.717, 1.165) is 128 Å². The fourth-order valence-electron chi connectivity index (χ4n) is 8.33. The van der Waals surface area contributed by atoms with Gasteiger partial charge in [-0.2, -0.15) is 0 Å². The van der Waals surface area contributed by atoms with Crippen LogP contribution in [0, 0.1) is 0 Å². The van der Waals surface area contributed by atoms with Crippen molar-refractivity contribution in [3.8, 4) is 0 Å². The molecule has 434 valence electrons. The molecule has 0 spiro atoms. The van der Waals surface area contributed by atoms with Crippen molar-refractivity contribution < 1.29 is 39.8 Å². The summed E-state index contributed by atoms with van der Waals surface area (Å²) in [6.07, 6.45) is 80.3. The lowest BCUT2D eigenvalue weighted by Gasteiger charge is -2.40. The van der Waals surface area contributed by atoms with Gasteiger partial charge in [-0.3, -0.25) is 4.79 Å². The second-order valence-corrected chi connectivity index (χ2v) is 20.0. The summed E-state index contributed by atoms with van der Waals surface area (Å²) in [4.78, 5) is 13.0. The van der Waals surface area contributed by atoms with Crippen molar-refractivity contribution >= 4 is 5.91 Å². The average Bonchev–Trinajstić information content (AvgIpc) is 3.43. The predicted octanol–water partition coefficient (Wildman–Crippen LogP) is 15.6. The molecule has 1 fully saturated rings. The molecule has 0 aromatic rings. The molecule has 0 aromatic carbocycles. The number of carbonyl (C=O) groups excluding carboxylic acids is 1. The standard InChI is InChI=1S/C68H109NO8/c1-3-5-7-9-11-13-15-17-19-20-21-22-23-24-25-26-27-28-29-30-31-32-33-34-35-36-37-38-39-40-41-42-44-46-48-50-52-54-56-58-64(72)69-61(60-76-68-67(75)66(74)65(73)63(59-70)77-68)62(71)57-55-53-51-49-47-45-43-18-16-14-12-10-8-6-4-2/h5,7,11,13,16-19,21-22,24-25,27-28,30-31,33-34,36-37,39-40,47,49,55,57,61-63,65-68,70-71,73-75H,3-4,6,8-10,12,14-15,20,23,26,29,32,35,38,41-46,48,50-54,56,58-60H2,1-2H3,(H,69,72)/b7-5-,13-11-,18-16+,19-17-,22-21-,25-24-,28-27-,31-30-,34-33-,37-36-,40-39-,49-47+,57-55+. The number of nitrogens with one attached hydrogen (secondary N) is 1. The Hall–Kier alpha value is -4.19. The highest BCUT2D eigenvalue weighted by molar-refractivity contribution is 5.76. The summed E-state index contributed by atoms with van der Waals surface area (Å²) in [7, 11) is 0. The third kappa shape index (κ3) is 44.4. The maximum absolute atomic E-state index is 13.0. The molecule has 1 heterocycles. The minimum absolute atomic E-state index is 0.207. The Bertz CT molecular complexity index is 1760. The van der Waals surface area contributed by atoms with Gasteiger partial charge in [0, 0.05) is 6.42 Å². The van der Waals surface area contributed by atoms with Crippen LogP contribution in [-0.4, -0.2) is 87.5 Å². The van der Waals surface area contributed by atoms with Gasteiger partial charge in [-0.1, -0.05) is 236 Å². The van der Waals surface area contributed by atoms with Gasteiger partial charge in [0.05, 0.1) is 25.4 Å². The number of hydrogen-bond donors (Lipinski definition) is 6. The molecule has 7 unspecified atom stereocenters. The molecule has 1 aliphatic heterocycles. The normalized spacial score (nSPS) is 19.9. The van der Waals surface area contributed by atoms with Gasteiger partial charge in [-0.15, -0.1) is 0 Å². The van der Waals surface area contributed by atoms with E-state index < -0.39 is 49.5 Å². The number of rotatable bonds is 49. The largest absolute Gasteiger partial charge is 0.394 e. The molecule has 1 saturated heterocycles. The van der Waals surface area contributed by atoms with Gasteiger partial charge in [-0.25, -0.2) is 0 Å². The summed E-state index contributed by atoms with van der Waals surface area (Å²) in [5.74, 6) is -0.207. The van der Waals surface area contributed by atoms with Gasteiger partial charge >= 0.3 is 0 Å². The smallest absolute Gasteiger partial charge is 0.220 e. The predicted molar refractivity (Wildman–Crippen MR) is 326 cm³/mol. The molecule has 1 aliphatic rings. The monoisotopic (exact) mass is 1070 g/mol. The highest BCUT2D eigenvalue weighted by Gasteiger charge is 2.44. The average molecular weight is 1070 g/mol. The molecular formula is C68H109NO8. The van der Waals surface area contributed by atoms with Gasteiger partial charge in [0.2, 0.25) is 5.91 Å². The minimum atomic E-state index is -1.59. The lowest BCUT2D eigenvalue weighted by molar-refractivity contribution is -0.302. The number of ether oxygens (including phenoxy) is 2. The van der Waals surface area contributed by atoms with E-state index in [1.165, 1.54) is 57.8 Å². The second kappa shape index (κ2) is 55.1. The van der Waals surface area contributed by atoms with Crippen molar-refractivity contribution in [1.82, 2.24) is 5.32 Å². The van der Waals surface area contributed by atoms with Crippen molar-refractivity contribution in [3.63, 3.8) is 0 Å². The van der Waals surface area contributed by atoms with Crippen molar-refractivity contribution in [2.24, 2.45) is 0 Å². The van der Waals surface area contributed by atoms with Crippen LogP contribution in [0.3, 0.4) is 0 Å². The molecule has 0 aliphatic carbocycles. The van der Waals surface area contributed by atoms with Crippen LogP contribution in [0.15, 0.2) is 158 Å². The van der Waals surface area contributed by atoms with Crippen LogP contribution in [0.5, 0.6) is 0 Å². The zero-order valence-corrected chi connectivity index (χ0v) is 48.1. The van der Waals surface area contributed by atoms with E-state index in [2.05, 4.69) is 165 Å². The number of hydrogen-bond acceptors (Lipinski definition) is 8. The first-order valence-electron chi connectivity index (χ1n) is 30.2. The van der Waals surface area contributed by atoms with Crippen LogP contribution >= 0.6 is 0 Å². The number of amides is 1. The Labute approximate surface area is 469 Å². The Balaban J connectivity index is 2.20. The Morgan fingerprint density at radius 2 is 0.818 bits per heavy atom. The molecule has 6 N–H and O–H groups in total. The number of aliphatic hydroxyl groups is 5. The Morgan fingerprint density at radius 3 is 1.25 bits per heavy atom. The number of carbonyl (C=O) groups is 1. The van der Waals surface area contributed by atoms with Crippen molar-refractivity contribution in [3.05, 3.63) is 158 Å². The van der Waals surface area contributed by atoms with Crippen molar-refractivity contribution in [1.29, 1.82) is 0 Å². The second-order valence-electron chi connectivity index (χ2n) is 20.0. The Kier molecular flexibility index (Phi) is 50.7. The fourth-order valence-corrected chi connectivity index (χ4v) is 8.33. The molecule has 0 bridgehead atoms. The quantitative estimate of drug-likeness (QED) is 0.0261. The maximum Gasteiger partial charge on any atom is 0.220 e. The lowest BCUT2D eigenvalue weighted by Crippen LogP contribution is -2.60. The minimum Gasteiger partial charge on any atom is -0.394 e. The van der Waals surface area contributed by atoms with E-state index in [4.69, 9.17) is 9.47 Å². The molecule has 9 heteroatoms. The molecule has 1 rings (SSSR count). The van der Waals surface area contributed by atoms with Gasteiger partial charge in [0.1, 0.15) is 24.4 Å². The summed E-state index contributed by atoms with van der Waals surface area (Å²) < 4.78 is 11.2. The SMILES string of the molecule is CC/C=C\C/C=C\C/C=C\C/C=C\C/C=C\C/C=C\C/C=C\C/C=C\C/C=C\C/C=C\CCCCCCCCCCC(=O)NC(COC1OC(CO)C(O)C(O)C1O)C(O)/C=C/CC/C=C/CC/C=C/CCCCCCC. The maximum atomic E-state index is 13.0. The van der Waals surface area contributed by atoms with Gasteiger partial charge in [0.25, 0.3) is 0 Å². The first-order valence-corrected chi connectivity index (χ1v) is 30.2. The van der Waals surface area contributed by atoms with Crippen LogP contribution < -0.4 is 5.32 Å². The van der Waals surface area contributed by atoms with E-state index >= 15 is 0 Å². The molecule has 0 radical (unpaired) electrons. The Morgan fingerprint density at radius 1 is 0.455 bits per heavy atom. The number of aliphatic hydroxyl groups excluding tert-OH is 5. The molecule has 9 nitrogen and oxygen atoms in total. The van der Waals surface area contributed by atoms with Gasteiger partial charge in [0.15, 0.2) is 6.29 Å². The highest BCUT2D eigenvalue weighted by Crippen LogP contribution is 2.22. The van der Waals surface area contributed by atoms with Crippen LogP contribution in [0.2, 0.25) is 0 Å². The van der Waals surface area contributed by atoms with Gasteiger partial charge < -0.3 is 40.3 Å². The van der Waals surface area contributed by atoms with E-state index in [0.29, 0.717) is 6.42 Å². The zero-order valence-electron chi connectivity index (χ0n) is 48.1. The van der Waals surface area contributed by atoms with E-state index in [1.807, 2.05) is 6.08 Å². The van der Waals surface area contributed by atoms with Crippen LogP contribution in [0.4, 0.5) is 0 Å². The molecule has 77 heavy (non-hydrogen) atoms. The third-order valence-corrected chi connectivity index (χ3v) is 13.1. The first-order chi connectivity index (χ1) is 37.8. The summed E-state index contributed by atoms with van der Waals surface area (Å²) in [5, 5.41) is 54.4. The third-order valence-electron chi connectivity index (χ3n) is 13.1. The summed E-state index contributed by atoms with van der Waals surface area (Å²) >= 11 is 0. The molecule has 7 atom stereocenters. The number of allylic oxidation sites excluding steroid dienone is 25. The van der Waals surface area contributed by atoms with Crippen LogP contribution in [-0.2, 0) is 14.3 Å². The topological polar surface area (TPSA) is 149 Å². The van der Waals surface area contributed by atoms with Crippen LogP contribution in [0.1, 0.15) is 206 Å². The summed E-state index contributed by atoms with van der Waals surface area (Å²) in [6, 6.07) is -0.844. The van der Waals surface area contributed by atoms with E-state index in [1.54, 1.807) is 6.08 Å². The molecule has 0 saturated carbocycles. The van der Waals surface area contributed by atoms with Crippen LogP contribution in [0.25, 0.3) is 0 Å². The van der Waals surface area contributed by atoms with Gasteiger partial charge in [-0.05, 0) is 122 Å². The zero-order chi connectivity index (χ0) is 55.8. The summed E-state index contributed by atoms with van der Waals surface area (Å²) in [6.45, 7) is 3.60. The van der Waals surface area contributed by atoms with E-state index in [9.17, 15) is 30.3 Å². The fraction of sp³-hybridized carbons (Fsp3) is 0.603. The molecule has 0 aromatic heterocycles. The summed E-state index contributed by atoms with van der Waals surface area (Å²) in [5.41, 5.74) is 0. The van der Waals surface area contributed by atoms with Crippen molar-refractivity contribution in [2.75, 3.05) is 13.2 Å².